The van der Waals surface area contributed by atoms with Gasteiger partial charge in [0.25, 0.3) is 0 Å². The fourth-order valence-corrected chi connectivity index (χ4v) is 6.96. The fraction of sp³-hybridized carbons (Fsp3) is 0. The molecule has 10 aromatic rings. The molecule has 10 rings (SSSR count). The number of benzene rings is 6. The second kappa shape index (κ2) is 10.9. The van der Waals surface area contributed by atoms with E-state index in [-0.39, 0.29) is 0 Å². The molecule has 7 nitrogen and oxygen atoms in total. The fourth-order valence-electron chi connectivity index (χ4n) is 6.96. The third-order valence-corrected chi connectivity index (χ3v) is 9.10. The molecule has 0 amide bonds. The van der Waals surface area contributed by atoms with Crippen molar-refractivity contribution in [2.75, 3.05) is 0 Å². The minimum absolute atomic E-state index is 0.600. The smallest absolute Gasteiger partial charge is 0.221 e. The summed E-state index contributed by atoms with van der Waals surface area (Å²) in [6.45, 7) is 0. The number of hydrogen-bond donors (Lipinski definition) is 0. The first-order valence-electron chi connectivity index (χ1n) is 16.3. The third kappa shape index (κ3) is 4.22. The first-order valence-corrected chi connectivity index (χ1v) is 16.3. The topological polar surface area (TPSA) is 65.8 Å². The van der Waals surface area contributed by atoms with Gasteiger partial charge in [-0.3, -0.25) is 13.5 Å². The lowest BCUT2D eigenvalue weighted by molar-refractivity contribution is 1.06. The summed E-state index contributed by atoms with van der Waals surface area (Å²) in [5.74, 6) is 2.70. The number of rotatable bonds is 5. The molecule has 7 heteroatoms. The summed E-state index contributed by atoms with van der Waals surface area (Å²) in [5.41, 5.74) is 9.91. The van der Waals surface area contributed by atoms with Crippen LogP contribution in [0.2, 0.25) is 0 Å². The number of aromatic nitrogens is 7. The average Bonchev–Trinajstić information content (AvgIpc) is 3.82. The van der Waals surface area contributed by atoms with Gasteiger partial charge >= 0.3 is 0 Å². The number of hydrogen-bond acceptors (Lipinski definition) is 4. The highest BCUT2D eigenvalue weighted by molar-refractivity contribution is 6.10. The van der Waals surface area contributed by atoms with Crippen LogP contribution in [-0.4, -0.2) is 33.5 Å². The molecule has 49 heavy (non-hydrogen) atoms. The summed E-state index contributed by atoms with van der Waals surface area (Å²) >= 11 is 0. The van der Waals surface area contributed by atoms with Crippen LogP contribution in [0.3, 0.4) is 0 Å². The van der Waals surface area contributed by atoms with Gasteiger partial charge in [0.2, 0.25) is 5.78 Å². The molecule has 4 heterocycles. The Morgan fingerprint density at radius 3 is 1.67 bits per heavy atom. The molecule has 0 atom stereocenters. The van der Waals surface area contributed by atoms with Crippen molar-refractivity contribution in [3.05, 3.63) is 164 Å². The number of fused-ring (bicyclic) bond motifs is 7. The van der Waals surface area contributed by atoms with Gasteiger partial charge in [0, 0.05) is 27.8 Å². The van der Waals surface area contributed by atoms with Crippen molar-refractivity contribution >= 4 is 38.9 Å². The number of imidazole rings is 2. The molecule has 6 aromatic carbocycles. The predicted octanol–water partition coefficient (Wildman–Crippen LogP) is 9.56. The van der Waals surface area contributed by atoms with Gasteiger partial charge in [0.15, 0.2) is 23.1 Å². The maximum Gasteiger partial charge on any atom is 0.221 e. The van der Waals surface area contributed by atoms with Gasteiger partial charge in [-0.25, -0.2) is 19.9 Å². The number of para-hydroxylation sites is 5. The summed E-state index contributed by atoms with van der Waals surface area (Å²) < 4.78 is 6.90. The van der Waals surface area contributed by atoms with E-state index in [4.69, 9.17) is 19.9 Å². The van der Waals surface area contributed by atoms with Crippen LogP contribution in [0.25, 0.3) is 84.4 Å². The molecule has 0 N–H and O–H groups in total. The van der Waals surface area contributed by atoms with Crippen molar-refractivity contribution < 1.29 is 0 Å². The summed E-state index contributed by atoms with van der Waals surface area (Å²) in [7, 11) is 0. The largest absolute Gasteiger partial charge is 0.293 e. The minimum Gasteiger partial charge on any atom is -0.293 e. The molecule has 0 aliphatic rings. The van der Waals surface area contributed by atoms with E-state index in [2.05, 4.69) is 98.5 Å². The van der Waals surface area contributed by atoms with E-state index in [1.807, 2.05) is 78.9 Å². The second-order valence-electron chi connectivity index (χ2n) is 12.0. The molecule has 0 saturated heterocycles. The van der Waals surface area contributed by atoms with Crippen LogP contribution < -0.4 is 0 Å². The molecule has 0 bridgehead atoms. The monoisotopic (exact) mass is 629 g/mol. The average molecular weight is 630 g/mol. The zero-order valence-electron chi connectivity index (χ0n) is 26.2. The molecule has 0 unspecified atom stereocenters. The highest BCUT2D eigenvalue weighted by atomic mass is 15.3. The van der Waals surface area contributed by atoms with E-state index in [1.165, 1.54) is 0 Å². The first-order chi connectivity index (χ1) is 24.3. The predicted molar refractivity (Wildman–Crippen MR) is 196 cm³/mol. The summed E-state index contributed by atoms with van der Waals surface area (Å²) in [6, 6.07) is 56.0. The Hall–Kier alpha value is -6.86. The van der Waals surface area contributed by atoms with Crippen molar-refractivity contribution in [2.45, 2.75) is 0 Å². The van der Waals surface area contributed by atoms with Crippen LogP contribution in [0.4, 0.5) is 0 Å². The lowest BCUT2D eigenvalue weighted by atomic mass is 10.1. The maximum absolute atomic E-state index is 5.19. The van der Waals surface area contributed by atoms with Gasteiger partial charge < -0.3 is 0 Å². The zero-order valence-corrected chi connectivity index (χ0v) is 26.2. The lowest BCUT2D eigenvalue weighted by Gasteiger charge is -2.14. The Kier molecular flexibility index (Phi) is 6.04. The molecule has 0 aliphatic carbocycles. The van der Waals surface area contributed by atoms with Gasteiger partial charge in [-0.15, -0.1) is 0 Å². The van der Waals surface area contributed by atoms with Crippen LogP contribution in [0.15, 0.2) is 164 Å². The molecule has 0 fully saturated rings. The summed E-state index contributed by atoms with van der Waals surface area (Å²) in [4.78, 5) is 20.4. The Balaban J connectivity index is 1.33. The van der Waals surface area contributed by atoms with E-state index in [1.54, 1.807) is 0 Å². The zero-order chi connectivity index (χ0) is 32.3. The van der Waals surface area contributed by atoms with Crippen LogP contribution in [0.5, 0.6) is 0 Å². The van der Waals surface area contributed by atoms with Gasteiger partial charge in [-0.1, -0.05) is 121 Å². The quantitative estimate of drug-likeness (QED) is 0.190. The van der Waals surface area contributed by atoms with Crippen molar-refractivity contribution in [2.24, 2.45) is 0 Å². The van der Waals surface area contributed by atoms with Crippen LogP contribution in [0, 0.1) is 0 Å². The van der Waals surface area contributed by atoms with Gasteiger partial charge in [-0.2, -0.15) is 0 Å². The van der Waals surface area contributed by atoms with Crippen LogP contribution >= 0.6 is 0 Å². The molecular formula is C42H27N7. The molecular weight excluding hydrogens is 603 g/mol. The Bertz CT molecular complexity index is 2760. The van der Waals surface area contributed by atoms with E-state index in [9.17, 15) is 0 Å². The van der Waals surface area contributed by atoms with Gasteiger partial charge in [0.05, 0.1) is 22.2 Å². The van der Waals surface area contributed by atoms with Crippen molar-refractivity contribution in [3.63, 3.8) is 0 Å². The Morgan fingerprint density at radius 2 is 0.959 bits per heavy atom. The minimum atomic E-state index is 0.600. The molecule has 4 aromatic heterocycles. The molecule has 0 radical (unpaired) electrons. The van der Waals surface area contributed by atoms with E-state index < -0.39 is 0 Å². The van der Waals surface area contributed by atoms with Crippen LogP contribution in [0.1, 0.15) is 0 Å². The van der Waals surface area contributed by atoms with Crippen LogP contribution in [-0.2, 0) is 0 Å². The van der Waals surface area contributed by atoms with E-state index >= 15 is 0 Å². The molecule has 0 saturated carbocycles. The second-order valence-corrected chi connectivity index (χ2v) is 12.0. The van der Waals surface area contributed by atoms with Gasteiger partial charge in [-0.05, 0) is 42.5 Å². The molecule has 0 aliphatic heterocycles. The highest BCUT2D eigenvalue weighted by Gasteiger charge is 2.26. The standard InChI is InChI=1S/C42H27N7/c1-4-16-28(17-5-1)38-44-39(29-18-6-2-7-19-29)46-40(45-38)32-23-11-14-26-35(32)48-34-25-13-10-22-31(34)37-41(48)49-36-27-15-12-24-33(36)43-42(49)47(37)30-20-8-3-9-21-30/h1-27H. The lowest BCUT2D eigenvalue weighted by Crippen LogP contribution is -2.04. The number of nitrogens with zero attached hydrogens (tertiary/aromatic N) is 7. The SMILES string of the molecule is c1ccc(-c2nc(-c3ccccc3)nc(-c3ccccc3-n3c4ccccc4c4c3n3c5ccccc5nc3n4-c3ccccc3)n2)cc1. The van der Waals surface area contributed by atoms with Crippen molar-refractivity contribution in [1.29, 1.82) is 0 Å². The maximum atomic E-state index is 5.19. The van der Waals surface area contributed by atoms with Crippen molar-refractivity contribution in [1.82, 2.24) is 33.5 Å². The molecule has 230 valence electrons. The van der Waals surface area contributed by atoms with E-state index in [0.29, 0.717) is 17.5 Å². The Labute approximate surface area is 281 Å². The third-order valence-electron chi connectivity index (χ3n) is 9.10. The summed E-state index contributed by atoms with van der Waals surface area (Å²) in [6.07, 6.45) is 0. The summed E-state index contributed by atoms with van der Waals surface area (Å²) in [5, 5.41) is 1.12. The molecule has 0 spiro atoms. The Morgan fingerprint density at radius 1 is 0.408 bits per heavy atom. The van der Waals surface area contributed by atoms with E-state index in [0.717, 1.165) is 66.9 Å². The first kappa shape index (κ1) is 27.3. The normalized spacial score (nSPS) is 11.7. The highest BCUT2D eigenvalue weighted by Crippen LogP contribution is 2.40. The van der Waals surface area contributed by atoms with Gasteiger partial charge in [0.1, 0.15) is 5.52 Å². The van der Waals surface area contributed by atoms with Crippen molar-refractivity contribution in [3.8, 4) is 45.5 Å².